The van der Waals surface area contributed by atoms with E-state index in [0.717, 1.165) is 44.5 Å². The topological polar surface area (TPSA) is 50.7 Å². The minimum absolute atomic E-state index is 0.0656. The molecule has 0 bridgehead atoms. The fourth-order valence-electron chi connectivity index (χ4n) is 2.70. The van der Waals surface area contributed by atoms with Crippen LogP contribution in [0.15, 0.2) is 24.3 Å². The van der Waals surface area contributed by atoms with Crippen molar-refractivity contribution in [3.05, 3.63) is 29.8 Å². The zero-order chi connectivity index (χ0) is 14.9. The van der Waals surface area contributed by atoms with Gasteiger partial charge < -0.3 is 19.9 Å². The third-order valence-electron chi connectivity index (χ3n) is 3.92. The van der Waals surface area contributed by atoms with Gasteiger partial charge in [-0.05, 0) is 37.0 Å². The molecule has 0 heterocycles. The molecule has 0 aliphatic heterocycles. The molecule has 4 nitrogen and oxygen atoms in total. The predicted molar refractivity (Wildman–Crippen MR) is 83.5 cm³/mol. The minimum atomic E-state index is -0.337. The summed E-state index contributed by atoms with van der Waals surface area (Å²) in [6, 6.07) is 8.11. The zero-order valence-corrected chi connectivity index (χ0v) is 12.9. The van der Waals surface area contributed by atoms with E-state index in [0.29, 0.717) is 6.61 Å². The molecule has 1 saturated carbocycles. The summed E-state index contributed by atoms with van der Waals surface area (Å²) in [5.74, 6) is 0.854. The van der Waals surface area contributed by atoms with E-state index < -0.39 is 0 Å². The largest absolute Gasteiger partial charge is 0.488 e. The van der Waals surface area contributed by atoms with Gasteiger partial charge in [-0.1, -0.05) is 25.0 Å². The van der Waals surface area contributed by atoms with Crippen LogP contribution in [0.5, 0.6) is 5.75 Å². The minimum Gasteiger partial charge on any atom is -0.488 e. The molecule has 0 saturated heterocycles. The van der Waals surface area contributed by atoms with Crippen LogP contribution in [0, 0.1) is 0 Å². The van der Waals surface area contributed by atoms with Gasteiger partial charge in [-0.3, -0.25) is 0 Å². The van der Waals surface area contributed by atoms with Gasteiger partial charge in [0.15, 0.2) is 0 Å². The van der Waals surface area contributed by atoms with Crippen LogP contribution in [0.4, 0.5) is 0 Å². The Morgan fingerprint density at radius 2 is 2.10 bits per heavy atom. The lowest BCUT2D eigenvalue weighted by atomic mass is 10.1. The molecular weight excluding hydrogens is 266 g/mol. The summed E-state index contributed by atoms with van der Waals surface area (Å²) in [6.07, 6.45) is 4.82. The summed E-state index contributed by atoms with van der Waals surface area (Å²) in [7, 11) is 1.70. The lowest BCUT2D eigenvalue weighted by Gasteiger charge is -2.22. The Bertz CT molecular complexity index is 411. The number of benzene rings is 1. The maximum Gasteiger partial charge on any atom is 0.124 e. The first-order valence-corrected chi connectivity index (χ1v) is 7.93. The quantitative estimate of drug-likeness (QED) is 0.599. The van der Waals surface area contributed by atoms with E-state index in [1.54, 1.807) is 7.11 Å². The summed E-state index contributed by atoms with van der Waals surface area (Å²) in [4.78, 5) is 0. The molecule has 2 atom stereocenters. The molecule has 0 spiro atoms. The van der Waals surface area contributed by atoms with Gasteiger partial charge in [0.25, 0.3) is 0 Å². The molecule has 0 amide bonds. The zero-order valence-electron chi connectivity index (χ0n) is 12.9. The lowest BCUT2D eigenvalue weighted by Crippen LogP contribution is -2.30. The fourth-order valence-corrected chi connectivity index (χ4v) is 2.70. The van der Waals surface area contributed by atoms with Gasteiger partial charge in [-0.2, -0.15) is 0 Å². The second-order valence-corrected chi connectivity index (χ2v) is 5.68. The van der Waals surface area contributed by atoms with Crippen LogP contribution in [0.3, 0.4) is 0 Å². The Morgan fingerprint density at radius 1 is 1.24 bits per heavy atom. The highest BCUT2D eigenvalue weighted by Crippen LogP contribution is 2.23. The Kier molecular flexibility index (Phi) is 7.00. The first kappa shape index (κ1) is 16.3. The number of aliphatic hydroxyl groups excluding tert-OH is 1. The molecule has 0 aromatic heterocycles. The molecule has 0 radical (unpaired) electrons. The molecule has 4 heteroatoms. The smallest absolute Gasteiger partial charge is 0.124 e. The van der Waals surface area contributed by atoms with Crippen LogP contribution in [-0.4, -0.2) is 37.6 Å². The molecule has 2 unspecified atom stereocenters. The van der Waals surface area contributed by atoms with Crippen LogP contribution in [0.2, 0.25) is 0 Å². The molecule has 118 valence electrons. The molecule has 2 rings (SSSR count). The predicted octanol–water partition coefficient (Wildman–Crippen LogP) is 2.50. The van der Waals surface area contributed by atoms with E-state index in [-0.39, 0.29) is 12.2 Å². The van der Waals surface area contributed by atoms with Crippen LogP contribution in [-0.2, 0) is 11.3 Å². The monoisotopic (exact) mass is 293 g/mol. The van der Waals surface area contributed by atoms with Crippen LogP contribution in [0.1, 0.15) is 37.7 Å². The van der Waals surface area contributed by atoms with Crippen molar-refractivity contribution >= 4 is 0 Å². The van der Waals surface area contributed by atoms with Crippen molar-refractivity contribution in [3.8, 4) is 5.75 Å². The van der Waals surface area contributed by atoms with Crippen molar-refractivity contribution in [3.63, 3.8) is 0 Å². The highest BCUT2D eigenvalue weighted by atomic mass is 16.5. The van der Waals surface area contributed by atoms with Crippen molar-refractivity contribution in [2.75, 3.05) is 20.3 Å². The van der Waals surface area contributed by atoms with Crippen molar-refractivity contribution < 1.29 is 14.6 Å². The molecule has 1 aliphatic carbocycles. The van der Waals surface area contributed by atoms with Crippen LogP contribution < -0.4 is 10.1 Å². The Hall–Kier alpha value is -1.10. The van der Waals surface area contributed by atoms with E-state index in [1.807, 2.05) is 12.1 Å². The standard InChI is InChI=1S/C17H27NO3/c1-20-11-10-18-13-14-6-5-7-15(12-14)21-17-9-4-2-3-8-16(17)19/h5-7,12,16-19H,2-4,8-11,13H2,1H3. The van der Waals surface area contributed by atoms with Crippen molar-refractivity contribution in [2.24, 2.45) is 0 Å². The number of hydrogen-bond donors (Lipinski definition) is 2. The summed E-state index contributed by atoms with van der Waals surface area (Å²) < 4.78 is 11.0. The van der Waals surface area contributed by atoms with Gasteiger partial charge in [-0.25, -0.2) is 0 Å². The summed E-state index contributed by atoms with van der Waals surface area (Å²) >= 11 is 0. The van der Waals surface area contributed by atoms with Crippen molar-refractivity contribution in [2.45, 2.75) is 50.9 Å². The Balaban J connectivity index is 1.87. The highest BCUT2D eigenvalue weighted by molar-refractivity contribution is 5.28. The highest BCUT2D eigenvalue weighted by Gasteiger charge is 2.23. The van der Waals surface area contributed by atoms with Crippen molar-refractivity contribution in [1.82, 2.24) is 5.32 Å². The van der Waals surface area contributed by atoms with E-state index >= 15 is 0 Å². The van der Waals surface area contributed by atoms with E-state index in [2.05, 4.69) is 17.4 Å². The average Bonchev–Trinajstić information content (AvgIpc) is 2.69. The maximum atomic E-state index is 10.1. The molecule has 1 aromatic carbocycles. The number of ether oxygens (including phenoxy) is 2. The molecule has 21 heavy (non-hydrogen) atoms. The molecule has 1 aromatic rings. The number of methoxy groups -OCH3 is 1. The fraction of sp³-hybridized carbons (Fsp3) is 0.647. The lowest BCUT2D eigenvalue weighted by molar-refractivity contribution is 0.0319. The van der Waals surface area contributed by atoms with E-state index in [9.17, 15) is 5.11 Å². The first-order valence-electron chi connectivity index (χ1n) is 7.93. The van der Waals surface area contributed by atoms with E-state index in [4.69, 9.17) is 9.47 Å². The second-order valence-electron chi connectivity index (χ2n) is 5.68. The molecule has 1 aliphatic rings. The third-order valence-corrected chi connectivity index (χ3v) is 3.92. The van der Waals surface area contributed by atoms with Gasteiger partial charge >= 0.3 is 0 Å². The summed E-state index contributed by atoms with van der Waals surface area (Å²) in [5.41, 5.74) is 1.19. The summed E-state index contributed by atoms with van der Waals surface area (Å²) in [5, 5.41) is 13.5. The number of hydrogen-bond acceptors (Lipinski definition) is 4. The molecular formula is C17H27NO3. The molecule has 1 fully saturated rings. The Labute approximate surface area is 127 Å². The Morgan fingerprint density at radius 3 is 2.95 bits per heavy atom. The SMILES string of the molecule is COCCNCc1cccc(OC2CCCCCC2O)c1. The van der Waals surface area contributed by atoms with Crippen LogP contribution >= 0.6 is 0 Å². The normalized spacial score (nSPS) is 22.8. The maximum absolute atomic E-state index is 10.1. The third kappa shape index (κ3) is 5.65. The second kappa shape index (κ2) is 9.03. The first-order chi connectivity index (χ1) is 10.3. The van der Waals surface area contributed by atoms with Gasteiger partial charge in [0.05, 0.1) is 12.7 Å². The summed E-state index contributed by atoms with van der Waals surface area (Å²) in [6.45, 7) is 2.35. The van der Waals surface area contributed by atoms with Gasteiger partial charge in [0.1, 0.15) is 11.9 Å². The van der Waals surface area contributed by atoms with Crippen molar-refractivity contribution in [1.29, 1.82) is 0 Å². The van der Waals surface area contributed by atoms with E-state index in [1.165, 1.54) is 12.0 Å². The van der Waals surface area contributed by atoms with Gasteiger partial charge in [-0.15, -0.1) is 0 Å². The number of nitrogens with one attached hydrogen (secondary N) is 1. The van der Waals surface area contributed by atoms with Crippen LogP contribution in [0.25, 0.3) is 0 Å². The molecule has 2 N–H and O–H groups in total. The van der Waals surface area contributed by atoms with Gasteiger partial charge in [0, 0.05) is 20.2 Å². The number of rotatable bonds is 7. The number of aliphatic hydroxyl groups is 1. The average molecular weight is 293 g/mol. The van der Waals surface area contributed by atoms with Gasteiger partial charge in [0.2, 0.25) is 0 Å².